The summed E-state index contributed by atoms with van der Waals surface area (Å²) in [4.78, 5) is 11.5. The van der Waals surface area contributed by atoms with Crippen molar-refractivity contribution in [2.75, 3.05) is 0 Å². The van der Waals surface area contributed by atoms with Gasteiger partial charge in [-0.05, 0) is 23.8 Å². The molecular weight excluding hydrogens is 300 g/mol. The van der Waals surface area contributed by atoms with Crippen LogP contribution in [0.25, 0.3) is 0 Å². The number of aliphatic hydroxyl groups excluding tert-OH is 1. The van der Waals surface area contributed by atoms with Crippen LogP contribution in [-0.4, -0.2) is 11.1 Å². The van der Waals surface area contributed by atoms with E-state index in [4.69, 9.17) is 4.74 Å². The average Bonchev–Trinajstić information content (AvgIpc) is 2.52. The number of ether oxygens (including phenoxy) is 1. The number of rotatable bonds is 5. The van der Waals surface area contributed by atoms with E-state index in [0.29, 0.717) is 17.7 Å². The molecule has 1 atom stereocenters. The number of carbonyl (C=O) groups excluding carboxylic acids is 1. The molecule has 0 bridgehead atoms. The van der Waals surface area contributed by atoms with E-state index in [2.05, 4.69) is 20.8 Å². The normalized spacial score (nSPS) is 12.7. The molecule has 0 amide bonds. The Morgan fingerprint density at radius 3 is 2.33 bits per heavy atom. The van der Waals surface area contributed by atoms with Crippen molar-refractivity contribution < 1.29 is 14.6 Å². The van der Waals surface area contributed by atoms with Crippen LogP contribution in [0.1, 0.15) is 56.9 Å². The Kier molecular flexibility index (Phi) is 5.79. The first kappa shape index (κ1) is 18.2. The molecule has 3 heteroatoms. The third kappa shape index (κ3) is 4.68. The maximum atomic E-state index is 11.5. The van der Waals surface area contributed by atoms with E-state index >= 15 is 0 Å². The molecule has 3 nitrogen and oxygen atoms in total. The standard InChI is InChI=1S/C21H26O3/c1-15(22)24-20-17(11-8-12-18(20)21(2,3)4)19(23)14-13-16-9-6-5-7-10-16/h5-12,19,23H,13-14H2,1-4H3/t19-/m1/s1. The minimum atomic E-state index is -0.679. The van der Waals surface area contributed by atoms with Gasteiger partial charge in [-0.1, -0.05) is 69.3 Å². The maximum Gasteiger partial charge on any atom is 0.308 e. The van der Waals surface area contributed by atoms with Crippen LogP contribution < -0.4 is 4.74 Å². The number of aryl methyl sites for hydroxylation is 1. The van der Waals surface area contributed by atoms with Crippen molar-refractivity contribution in [2.45, 2.75) is 52.1 Å². The zero-order valence-corrected chi connectivity index (χ0v) is 14.9. The van der Waals surface area contributed by atoms with Crippen molar-refractivity contribution in [1.29, 1.82) is 0 Å². The van der Waals surface area contributed by atoms with E-state index < -0.39 is 6.10 Å². The van der Waals surface area contributed by atoms with Crippen molar-refractivity contribution in [1.82, 2.24) is 0 Å². The predicted octanol–water partition coefficient (Wildman–Crippen LogP) is 4.58. The third-order valence-electron chi connectivity index (χ3n) is 4.01. The molecular formula is C21H26O3. The summed E-state index contributed by atoms with van der Waals surface area (Å²) in [7, 11) is 0. The minimum absolute atomic E-state index is 0.181. The Morgan fingerprint density at radius 2 is 1.75 bits per heavy atom. The molecule has 0 fully saturated rings. The summed E-state index contributed by atoms with van der Waals surface area (Å²) in [6.45, 7) is 7.58. The lowest BCUT2D eigenvalue weighted by Gasteiger charge is -2.25. The fraction of sp³-hybridized carbons (Fsp3) is 0.381. The second-order valence-corrected chi connectivity index (χ2v) is 7.11. The van der Waals surface area contributed by atoms with Gasteiger partial charge in [-0.2, -0.15) is 0 Å². The van der Waals surface area contributed by atoms with Crippen molar-refractivity contribution in [3.05, 3.63) is 65.2 Å². The summed E-state index contributed by atoms with van der Waals surface area (Å²) >= 11 is 0. The molecule has 2 aromatic carbocycles. The highest BCUT2D eigenvalue weighted by Gasteiger charge is 2.25. The van der Waals surface area contributed by atoms with Crippen LogP contribution in [0.2, 0.25) is 0 Å². The summed E-state index contributed by atoms with van der Waals surface area (Å²) in [6.07, 6.45) is 0.662. The highest BCUT2D eigenvalue weighted by molar-refractivity contribution is 5.71. The lowest BCUT2D eigenvalue weighted by molar-refractivity contribution is -0.132. The number of para-hydroxylation sites is 1. The largest absolute Gasteiger partial charge is 0.426 e. The minimum Gasteiger partial charge on any atom is -0.426 e. The summed E-state index contributed by atoms with van der Waals surface area (Å²) in [6, 6.07) is 15.8. The summed E-state index contributed by atoms with van der Waals surface area (Å²) in [5, 5.41) is 10.7. The summed E-state index contributed by atoms with van der Waals surface area (Å²) < 4.78 is 5.48. The average molecular weight is 326 g/mol. The van der Waals surface area contributed by atoms with Gasteiger partial charge >= 0.3 is 5.97 Å². The molecule has 1 N–H and O–H groups in total. The molecule has 0 saturated heterocycles. The fourth-order valence-corrected chi connectivity index (χ4v) is 2.77. The fourth-order valence-electron chi connectivity index (χ4n) is 2.77. The smallest absolute Gasteiger partial charge is 0.308 e. The van der Waals surface area contributed by atoms with E-state index in [9.17, 15) is 9.90 Å². The first-order valence-corrected chi connectivity index (χ1v) is 8.33. The number of benzene rings is 2. The van der Waals surface area contributed by atoms with E-state index in [-0.39, 0.29) is 11.4 Å². The van der Waals surface area contributed by atoms with Gasteiger partial charge < -0.3 is 9.84 Å². The van der Waals surface area contributed by atoms with Crippen LogP contribution in [0.3, 0.4) is 0 Å². The van der Waals surface area contributed by atoms with Gasteiger partial charge in [-0.3, -0.25) is 4.79 Å². The second kappa shape index (κ2) is 7.63. The molecule has 0 saturated carbocycles. The zero-order valence-electron chi connectivity index (χ0n) is 14.9. The van der Waals surface area contributed by atoms with E-state index in [1.54, 1.807) is 0 Å². The van der Waals surface area contributed by atoms with Gasteiger partial charge in [0.15, 0.2) is 0 Å². The van der Waals surface area contributed by atoms with E-state index in [1.807, 2.05) is 48.5 Å². The van der Waals surface area contributed by atoms with Crippen LogP contribution in [0.5, 0.6) is 5.75 Å². The molecule has 0 unspecified atom stereocenters. The van der Waals surface area contributed by atoms with E-state index in [1.165, 1.54) is 12.5 Å². The number of aliphatic hydroxyl groups is 1. The lowest BCUT2D eigenvalue weighted by atomic mass is 9.84. The zero-order chi connectivity index (χ0) is 17.7. The van der Waals surface area contributed by atoms with Gasteiger partial charge in [-0.25, -0.2) is 0 Å². The lowest BCUT2D eigenvalue weighted by Crippen LogP contribution is -2.17. The molecule has 0 aliphatic heterocycles. The molecule has 0 aliphatic rings. The van der Waals surface area contributed by atoms with Gasteiger partial charge in [0.2, 0.25) is 0 Å². The van der Waals surface area contributed by atoms with Gasteiger partial charge in [0.1, 0.15) is 5.75 Å². The van der Waals surface area contributed by atoms with Crippen molar-refractivity contribution in [2.24, 2.45) is 0 Å². The van der Waals surface area contributed by atoms with E-state index in [0.717, 1.165) is 12.0 Å². The van der Waals surface area contributed by atoms with Gasteiger partial charge in [0, 0.05) is 18.1 Å². The first-order valence-electron chi connectivity index (χ1n) is 8.33. The Morgan fingerprint density at radius 1 is 1.08 bits per heavy atom. The highest BCUT2D eigenvalue weighted by Crippen LogP contribution is 2.38. The maximum absolute atomic E-state index is 11.5. The topological polar surface area (TPSA) is 46.5 Å². The van der Waals surface area contributed by atoms with Gasteiger partial charge in [-0.15, -0.1) is 0 Å². The molecule has 2 aromatic rings. The Hall–Kier alpha value is -2.13. The first-order chi connectivity index (χ1) is 11.3. The monoisotopic (exact) mass is 326 g/mol. The summed E-state index contributed by atoms with van der Waals surface area (Å²) in [5.41, 5.74) is 2.60. The summed E-state index contributed by atoms with van der Waals surface area (Å²) in [5.74, 6) is 0.126. The Bertz CT molecular complexity index is 684. The molecule has 2 rings (SSSR count). The van der Waals surface area contributed by atoms with Crippen molar-refractivity contribution in [3.63, 3.8) is 0 Å². The Labute approximate surface area is 144 Å². The molecule has 0 radical (unpaired) electrons. The van der Waals surface area contributed by atoms with Gasteiger partial charge in [0.05, 0.1) is 6.10 Å². The van der Waals surface area contributed by atoms with Crippen LogP contribution in [0, 0.1) is 0 Å². The van der Waals surface area contributed by atoms with Crippen LogP contribution >= 0.6 is 0 Å². The van der Waals surface area contributed by atoms with Crippen LogP contribution in [0.4, 0.5) is 0 Å². The number of hydrogen-bond acceptors (Lipinski definition) is 3. The molecule has 0 aliphatic carbocycles. The van der Waals surface area contributed by atoms with Crippen LogP contribution in [-0.2, 0) is 16.6 Å². The van der Waals surface area contributed by atoms with Gasteiger partial charge in [0.25, 0.3) is 0 Å². The molecule has 24 heavy (non-hydrogen) atoms. The molecule has 128 valence electrons. The number of esters is 1. The molecule has 0 heterocycles. The number of carbonyl (C=O) groups is 1. The number of hydrogen-bond donors (Lipinski definition) is 1. The SMILES string of the molecule is CC(=O)Oc1c([C@H](O)CCc2ccccc2)cccc1C(C)(C)C. The highest BCUT2D eigenvalue weighted by atomic mass is 16.5. The van der Waals surface area contributed by atoms with Crippen molar-refractivity contribution >= 4 is 5.97 Å². The molecule has 0 spiro atoms. The quantitative estimate of drug-likeness (QED) is 0.646. The van der Waals surface area contributed by atoms with Crippen molar-refractivity contribution in [3.8, 4) is 5.75 Å². The molecule has 0 aromatic heterocycles. The predicted molar refractivity (Wildman–Crippen MR) is 96.2 cm³/mol. The second-order valence-electron chi connectivity index (χ2n) is 7.11. The van der Waals surface area contributed by atoms with Crippen LogP contribution in [0.15, 0.2) is 48.5 Å². The third-order valence-corrected chi connectivity index (χ3v) is 4.01. The Balaban J connectivity index is 2.29.